The van der Waals surface area contributed by atoms with E-state index in [0.717, 1.165) is 35.4 Å². The highest BCUT2D eigenvalue weighted by Crippen LogP contribution is 2.46. The Labute approximate surface area is 221 Å². The van der Waals surface area contributed by atoms with Crippen molar-refractivity contribution >= 4 is 28.2 Å². The van der Waals surface area contributed by atoms with Crippen LogP contribution in [0, 0.1) is 11.3 Å². The summed E-state index contributed by atoms with van der Waals surface area (Å²) in [6.07, 6.45) is 2.63. The maximum atomic E-state index is 13.2. The molecule has 0 saturated heterocycles. The highest BCUT2D eigenvalue weighted by Gasteiger charge is 2.36. The Kier molecular flexibility index (Phi) is 6.62. The molecule has 2 atom stereocenters. The Balaban J connectivity index is 1.35. The Morgan fingerprint density at radius 2 is 1.76 bits per heavy atom. The standard InChI is InChI=1S/C29H32N2O5S/c1-29(2,3)18-9-12-20-23(15-18)37-27-24(20)26(32)30-25(31-27)17-8-13-21(22(14-17)35-5)36-28(33)16-6-10-19(34-4)11-7-16/h6-8,10-11,13-14,18,25,31H,9,12,15H2,1-5H3,(H,30,32)/t18-,25-/m1/s1. The van der Waals surface area contributed by atoms with Crippen molar-refractivity contribution in [3.63, 3.8) is 0 Å². The summed E-state index contributed by atoms with van der Waals surface area (Å²) in [6, 6.07) is 12.0. The molecule has 1 aromatic heterocycles. The first kappa shape index (κ1) is 25.1. The van der Waals surface area contributed by atoms with E-state index in [9.17, 15) is 9.59 Å². The number of carbonyl (C=O) groups excluding carboxylic acids is 2. The molecule has 0 fully saturated rings. The quantitative estimate of drug-likeness (QED) is 0.318. The molecule has 37 heavy (non-hydrogen) atoms. The maximum absolute atomic E-state index is 13.2. The molecular formula is C29H32N2O5S. The van der Waals surface area contributed by atoms with Crippen LogP contribution in [0.25, 0.3) is 0 Å². The molecule has 0 saturated carbocycles. The second kappa shape index (κ2) is 9.74. The average molecular weight is 521 g/mol. The summed E-state index contributed by atoms with van der Waals surface area (Å²) in [5.41, 5.74) is 3.44. The number of benzene rings is 2. The lowest BCUT2D eigenvalue weighted by molar-refractivity contribution is 0.0729. The molecule has 0 unspecified atom stereocenters. The summed E-state index contributed by atoms with van der Waals surface area (Å²) in [5.74, 6) is 1.41. The number of amides is 1. The monoisotopic (exact) mass is 520 g/mol. The van der Waals surface area contributed by atoms with Crippen molar-refractivity contribution in [1.29, 1.82) is 0 Å². The van der Waals surface area contributed by atoms with Gasteiger partial charge in [0.2, 0.25) is 0 Å². The number of carbonyl (C=O) groups is 2. The molecule has 3 aromatic rings. The van der Waals surface area contributed by atoms with Gasteiger partial charge in [-0.25, -0.2) is 4.79 Å². The van der Waals surface area contributed by atoms with E-state index in [4.69, 9.17) is 14.2 Å². The maximum Gasteiger partial charge on any atom is 0.343 e. The molecule has 1 amide bonds. The van der Waals surface area contributed by atoms with Crippen LogP contribution >= 0.6 is 11.3 Å². The molecular weight excluding hydrogens is 488 g/mol. The van der Waals surface area contributed by atoms with E-state index in [1.807, 2.05) is 6.07 Å². The van der Waals surface area contributed by atoms with Gasteiger partial charge in [-0.15, -0.1) is 11.3 Å². The molecule has 8 heteroatoms. The summed E-state index contributed by atoms with van der Waals surface area (Å²) in [4.78, 5) is 27.2. The first-order valence-electron chi connectivity index (χ1n) is 12.4. The fourth-order valence-corrected chi connectivity index (χ4v) is 6.39. The summed E-state index contributed by atoms with van der Waals surface area (Å²) in [7, 11) is 3.09. The molecule has 1 aliphatic carbocycles. The lowest BCUT2D eigenvalue weighted by atomic mass is 9.72. The van der Waals surface area contributed by atoms with Crippen molar-refractivity contribution in [2.24, 2.45) is 11.3 Å². The lowest BCUT2D eigenvalue weighted by Gasteiger charge is -2.34. The van der Waals surface area contributed by atoms with E-state index in [-0.39, 0.29) is 11.3 Å². The zero-order chi connectivity index (χ0) is 26.3. The second-order valence-electron chi connectivity index (χ2n) is 10.6. The third-order valence-corrected chi connectivity index (χ3v) is 8.50. The van der Waals surface area contributed by atoms with Gasteiger partial charge in [-0.1, -0.05) is 26.8 Å². The predicted molar refractivity (Wildman–Crippen MR) is 144 cm³/mol. The van der Waals surface area contributed by atoms with Crippen LogP contribution in [0.4, 0.5) is 5.00 Å². The zero-order valence-electron chi connectivity index (χ0n) is 21.8. The van der Waals surface area contributed by atoms with Crippen LogP contribution < -0.4 is 24.8 Å². The number of hydrogen-bond acceptors (Lipinski definition) is 7. The van der Waals surface area contributed by atoms with Gasteiger partial charge in [-0.2, -0.15) is 0 Å². The van der Waals surface area contributed by atoms with Crippen LogP contribution in [0.1, 0.15) is 70.1 Å². The second-order valence-corrected chi connectivity index (χ2v) is 11.7. The number of ether oxygens (including phenoxy) is 3. The molecule has 0 bridgehead atoms. The zero-order valence-corrected chi connectivity index (χ0v) is 22.6. The normalized spacial score (nSPS) is 18.7. The molecule has 194 valence electrons. The number of hydrogen-bond donors (Lipinski definition) is 2. The van der Waals surface area contributed by atoms with Gasteiger partial charge in [0.25, 0.3) is 5.91 Å². The molecule has 0 radical (unpaired) electrons. The van der Waals surface area contributed by atoms with Gasteiger partial charge in [-0.3, -0.25) is 4.79 Å². The van der Waals surface area contributed by atoms with E-state index in [2.05, 4.69) is 31.4 Å². The van der Waals surface area contributed by atoms with Crippen molar-refractivity contribution in [3.8, 4) is 17.2 Å². The minimum atomic E-state index is -0.500. The lowest BCUT2D eigenvalue weighted by Crippen LogP contribution is -2.38. The van der Waals surface area contributed by atoms with Gasteiger partial charge < -0.3 is 24.8 Å². The average Bonchev–Trinajstić information content (AvgIpc) is 3.26. The molecule has 0 spiro atoms. The fraction of sp³-hybridized carbons (Fsp3) is 0.379. The molecule has 2 aliphatic rings. The number of rotatable bonds is 5. The van der Waals surface area contributed by atoms with Crippen molar-refractivity contribution < 1.29 is 23.8 Å². The number of esters is 1. The third kappa shape index (κ3) is 4.90. The number of anilines is 1. The van der Waals surface area contributed by atoms with Crippen LogP contribution in [0.15, 0.2) is 42.5 Å². The molecule has 5 rings (SSSR count). The molecule has 2 N–H and O–H groups in total. The molecule has 1 aliphatic heterocycles. The van der Waals surface area contributed by atoms with Gasteiger partial charge in [0.1, 0.15) is 16.9 Å². The predicted octanol–water partition coefficient (Wildman–Crippen LogP) is 5.99. The number of fused-ring (bicyclic) bond motifs is 3. The van der Waals surface area contributed by atoms with Gasteiger partial charge in [0.15, 0.2) is 11.5 Å². The highest BCUT2D eigenvalue weighted by molar-refractivity contribution is 7.16. The highest BCUT2D eigenvalue weighted by atomic mass is 32.1. The summed E-state index contributed by atoms with van der Waals surface area (Å²) >= 11 is 1.70. The van der Waals surface area contributed by atoms with E-state index < -0.39 is 12.1 Å². The molecule has 7 nitrogen and oxygen atoms in total. The van der Waals surface area contributed by atoms with Crippen LogP contribution in [0.2, 0.25) is 0 Å². The van der Waals surface area contributed by atoms with E-state index in [1.54, 1.807) is 54.8 Å². The van der Waals surface area contributed by atoms with Gasteiger partial charge >= 0.3 is 5.97 Å². The van der Waals surface area contributed by atoms with Crippen LogP contribution in [-0.2, 0) is 12.8 Å². The molecule has 2 aromatic carbocycles. The fourth-order valence-electron chi connectivity index (χ4n) is 5.04. The summed E-state index contributed by atoms with van der Waals surface area (Å²) < 4.78 is 16.3. The summed E-state index contributed by atoms with van der Waals surface area (Å²) in [6.45, 7) is 6.88. The van der Waals surface area contributed by atoms with E-state index >= 15 is 0 Å². The van der Waals surface area contributed by atoms with Crippen molar-refractivity contribution in [3.05, 3.63) is 69.6 Å². The van der Waals surface area contributed by atoms with Gasteiger partial charge in [0.05, 0.1) is 25.3 Å². The first-order chi connectivity index (χ1) is 17.7. The number of nitrogens with one attached hydrogen (secondary N) is 2. The molecule has 2 heterocycles. The Hall–Kier alpha value is -3.52. The van der Waals surface area contributed by atoms with Crippen molar-refractivity contribution in [1.82, 2.24) is 5.32 Å². The van der Waals surface area contributed by atoms with Crippen molar-refractivity contribution in [2.75, 3.05) is 19.5 Å². The van der Waals surface area contributed by atoms with E-state index in [1.165, 1.54) is 17.6 Å². The number of methoxy groups -OCH3 is 2. The van der Waals surface area contributed by atoms with Gasteiger partial charge in [-0.05, 0) is 78.1 Å². The van der Waals surface area contributed by atoms with Crippen LogP contribution in [0.3, 0.4) is 0 Å². The Morgan fingerprint density at radius 1 is 1.00 bits per heavy atom. The SMILES string of the molecule is COc1ccc(C(=O)Oc2ccc([C@@H]3NC(=O)c4c(sc5c4CC[C@@H](C(C)(C)C)C5)N3)cc2OC)cc1. The largest absolute Gasteiger partial charge is 0.497 e. The van der Waals surface area contributed by atoms with E-state index in [0.29, 0.717) is 28.7 Å². The Morgan fingerprint density at radius 3 is 2.43 bits per heavy atom. The third-order valence-electron chi connectivity index (χ3n) is 7.32. The first-order valence-corrected chi connectivity index (χ1v) is 13.3. The minimum Gasteiger partial charge on any atom is -0.497 e. The van der Waals surface area contributed by atoms with Gasteiger partial charge in [0, 0.05) is 4.88 Å². The minimum absolute atomic E-state index is 0.0561. The van der Waals surface area contributed by atoms with Crippen LogP contribution in [0.5, 0.6) is 17.2 Å². The van der Waals surface area contributed by atoms with Crippen molar-refractivity contribution in [2.45, 2.75) is 46.2 Å². The number of thiophene rings is 1. The Bertz CT molecular complexity index is 1340. The van der Waals surface area contributed by atoms with Crippen LogP contribution in [-0.4, -0.2) is 26.1 Å². The summed E-state index contributed by atoms with van der Waals surface area (Å²) in [5, 5.41) is 7.53. The smallest absolute Gasteiger partial charge is 0.343 e. The topological polar surface area (TPSA) is 85.9 Å².